The second-order valence-electron chi connectivity index (χ2n) is 8.56. The van der Waals surface area contributed by atoms with Crippen LogP contribution >= 0.6 is 0 Å². The molecule has 2 aromatic carbocycles. The van der Waals surface area contributed by atoms with Crippen molar-refractivity contribution in [3.05, 3.63) is 103 Å². The minimum atomic E-state index is -3.97. The number of hydrogen-bond acceptors (Lipinski definition) is 4. The van der Waals surface area contributed by atoms with Gasteiger partial charge < -0.3 is 0 Å². The van der Waals surface area contributed by atoms with Crippen molar-refractivity contribution in [1.29, 1.82) is 0 Å². The van der Waals surface area contributed by atoms with E-state index in [1.165, 1.54) is 4.31 Å². The van der Waals surface area contributed by atoms with E-state index < -0.39 is 15.4 Å². The Bertz CT molecular complexity index is 1280. The average Bonchev–Trinajstić information content (AvgIpc) is 3.27. The number of pyridine rings is 1. The summed E-state index contributed by atoms with van der Waals surface area (Å²) < 4.78 is 31.1. The quantitative estimate of drug-likeness (QED) is 0.420. The summed E-state index contributed by atoms with van der Waals surface area (Å²) in [5.74, 6) is 0.365. The fourth-order valence-corrected chi connectivity index (χ4v) is 5.17. The highest BCUT2D eigenvalue weighted by atomic mass is 32.2. The summed E-state index contributed by atoms with van der Waals surface area (Å²) in [6, 6.07) is 24.3. The number of anilines is 1. The van der Waals surface area contributed by atoms with Crippen LogP contribution in [0.15, 0.2) is 96.2 Å². The highest BCUT2D eigenvalue weighted by Gasteiger charge is 2.35. The highest BCUT2D eigenvalue weighted by molar-refractivity contribution is 7.92. The van der Waals surface area contributed by atoms with E-state index in [1.54, 1.807) is 35.3 Å². The summed E-state index contributed by atoms with van der Waals surface area (Å²) in [4.78, 5) is 4.52. The first kappa shape index (κ1) is 21.8. The number of para-hydroxylation sites is 1. The SMILES string of the molecule is CC(C)(C)c1nn(-c2ccccc2)cc1S(=O)(=O)N(Cc1ccccc1)c1ccccn1. The van der Waals surface area contributed by atoms with Crippen molar-refractivity contribution in [3.8, 4) is 5.69 Å². The summed E-state index contributed by atoms with van der Waals surface area (Å²) in [6.07, 6.45) is 3.20. The number of aromatic nitrogens is 3. The molecular formula is C25H26N4O2S. The Labute approximate surface area is 189 Å². The monoisotopic (exact) mass is 446 g/mol. The smallest absolute Gasteiger partial charge is 0.245 e. The van der Waals surface area contributed by atoms with Gasteiger partial charge in [-0.1, -0.05) is 75.4 Å². The minimum Gasteiger partial charge on any atom is -0.245 e. The molecule has 0 radical (unpaired) electrons. The molecule has 0 fully saturated rings. The van der Waals surface area contributed by atoms with E-state index in [0.717, 1.165) is 11.3 Å². The third-order valence-electron chi connectivity index (χ3n) is 5.05. The molecule has 0 saturated carbocycles. The van der Waals surface area contributed by atoms with Gasteiger partial charge in [0.2, 0.25) is 0 Å². The zero-order chi connectivity index (χ0) is 22.8. The molecule has 4 rings (SSSR count). The maximum atomic E-state index is 14.1. The van der Waals surface area contributed by atoms with Crippen molar-refractivity contribution in [2.24, 2.45) is 0 Å². The molecule has 2 heterocycles. The van der Waals surface area contributed by atoms with Crippen LogP contribution in [-0.4, -0.2) is 23.2 Å². The number of rotatable bonds is 6. The van der Waals surface area contributed by atoms with Crippen LogP contribution in [0.3, 0.4) is 0 Å². The van der Waals surface area contributed by atoms with Crippen molar-refractivity contribution in [2.45, 2.75) is 37.6 Å². The molecule has 0 aliphatic rings. The molecule has 0 aliphatic carbocycles. The second-order valence-corrected chi connectivity index (χ2v) is 10.4. The highest BCUT2D eigenvalue weighted by Crippen LogP contribution is 2.33. The molecule has 164 valence electrons. The maximum Gasteiger partial charge on any atom is 0.269 e. The molecule has 32 heavy (non-hydrogen) atoms. The van der Waals surface area contributed by atoms with E-state index in [0.29, 0.717) is 11.5 Å². The summed E-state index contributed by atoms with van der Waals surface area (Å²) >= 11 is 0. The molecule has 0 atom stereocenters. The summed E-state index contributed by atoms with van der Waals surface area (Å²) in [5.41, 5.74) is 1.70. The Kier molecular flexibility index (Phi) is 5.84. The molecule has 7 heteroatoms. The van der Waals surface area contributed by atoms with Crippen LogP contribution in [0.25, 0.3) is 5.69 Å². The van der Waals surface area contributed by atoms with Gasteiger partial charge in [-0.25, -0.2) is 22.4 Å². The Morgan fingerprint density at radius 2 is 1.50 bits per heavy atom. The van der Waals surface area contributed by atoms with Gasteiger partial charge in [-0.3, -0.25) is 0 Å². The van der Waals surface area contributed by atoms with Crippen LogP contribution in [0.1, 0.15) is 32.0 Å². The summed E-state index contributed by atoms with van der Waals surface area (Å²) in [7, 11) is -3.97. The van der Waals surface area contributed by atoms with Gasteiger partial charge in [0.05, 0.1) is 24.1 Å². The van der Waals surface area contributed by atoms with Crippen molar-refractivity contribution < 1.29 is 8.42 Å². The van der Waals surface area contributed by atoms with Crippen LogP contribution < -0.4 is 4.31 Å². The summed E-state index contributed by atoms with van der Waals surface area (Å²) in [5, 5.41) is 4.69. The number of nitrogens with zero attached hydrogens (tertiary/aromatic N) is 4. The van der Waals surface area contributed by atoms with Crippen LogP contribution in [0.4, 0.5) is 5.82 Å². The third kappa shape index (κ3) is 4.43. The van der Waals surface area contributed by atoms with Gasteiger partial charge in [0.15, 0.2) is 0 Å². The van der Waals surface area contributed by atoms with E-state index in [1.807, 2.05) is 81.4 Å². The third-order valence-corrected chi connectivity index (χ3v) is 6.80. The molecule has 0 aliphatic heterocycles. The van der Waals surface area contributed by atoms with Crippen molar-refractivity contribution >= 4 is 15.8 Å². The van der Waals surface area contributed by atoms with Gasteiger partial charge in [-0.05, 0) is 29.8 Å². The predicted octanol–water partition coefficient (Wildman–Crippen LogP) is 4.96. The van der Waals surface area contributed by atoms with Crippen LogP contribution in [0.5, 0.6) is 0 Å². The number of hydrogen-bond donors (Lipinski definition) is 0. The number of sulfonamides is 1. The second kappa shape index (κ2) is 8.59. The lowest BCUT2D eigenvalue weighted by molar-refractivity contribution is 0.541. The zero-order valence-corrected chi connectivity index (χ0v) is 19.2. The molecule has 0 spiro atoms. The fourth-order valence-electron chi connectivity index (χ4n) is 3.44. The standard InChI is InChI=1S/C25H26N4O2S/c1-25(2,3)24-22(19-28(27-24)21-14-8-5-9-15-21)32(30,31)29(23-16-10-11-17-26-23)18-20-12-6-4-7-13-20/h4-17,19H,18H2,1-3H3. The molecular weight excluding hydrogens is 420 g/mol. The topological polar surface area (TPSA) is 68.1 Å². The first-order chi connectivity index (χ1) is 15.3. The van der Waals surface area contributed by atoms with Gasteiger partial charge in [-0.2, -0.15) is 5.10 Å². The van der Waals surface area contributed by atoms with Crippen molar-refractivity contribution in [2.75, 3.05) is 4.31 Å². The molecule has 0 N–H and O–H groups in total. The van der Waals surface area contributed by atoms with Gasteiger partial charge in [-0.15, -0.1) is 0 Å². The fraction of sp³-hybridized carbons (Fsp3) is 0.200. The van der Waals surface area contributed by atoms with Crippen molar-refractivity contribution in [1.82, 2.24) is 14.8 Å². The van der Waals surface area contributed by atoms with E-state index in [9.17, 15) is 8.42 Å². The maximum absolute atomic E-state index is 14.1. The Morgan fingerprint density at radius 1 is 0.875 bits per heavy atom. The average molecular weight is 447 g/mol. The lowest BCUT2D eigenvalue weighted by Crippen LogP contribution is -2.32. The minimum absolute atomic E-state index is 0.167. The zero-order valence-electron chi connectivity index (χ0n) is 18.4. The molecule has 0 saturated heterocycles. The first-order valence-electron chi connectivity index (χ1n) is 10.4. The predicted molar refractivity (Wildman–Crippen MR) is 126 cm³/mol. The van der Waals surface area contributed by atoms with Gasteiger partial charge >= 0.3 is 0 Å². The van der Waals surface area contributed by atoms with Gasteiger partial charge in [0, 0.05) is 11.6 Å². The van der Waals surface area contributed by atoms with Crippen LogP contribution in [-0.2, 0) is 22.0 Å². The molecule has 0 amide bonds. The Morgan fingerprint density at radius 3 is 2.09 bits per heavy atom. The van der Waals surface area contributed by atoms with Crippen LogP contribution in [0, 0.1) is 0 Å². The van der Waals surface area contributed by atoms with Crippen molar-refractivity contribution in [3.63, 3.8) is 0 Å². The van der Waals surface area contributed by atoms with E-state index in [2.05, 4.69) is 4.98 Å². The van der Waals surface area contributed by atoms with E-state index in [-0.39, 0.29) is 11.4 Å². The van der Waals surface area contributed by atoms with Crippen LogP contribution in [0.2, 0.25) is 0 Å². The lowest BCUT2D eigenvalue weighted by atomic mass is 9.92. The molecule has 6 nitrogen and oxygen atoms in total. The van der Waals surface area contributed by atoms with E-state index >= 15 is 0 Å². The molecule has 4 aromatic rings. The normalized spacial score (nSPS) is 12.0. The Hall–Kier alpha value is -3.45. The number of benzene rings is 2. The Balaban J connectivity index is 1.88. The van der Waals surface area contributed by atoms with Gasteiger partial charge in [0.1, 0.15) is 10.7 Å². The molecule has 2 aromatic heterocycles. The molecule has 0 unspecified atom stereocenters. The summed E-state index contributed by atoms with van der Waals surface area (Å²) in [6.45, 7) is 6.06. The lowest BCUT2D eigenvalue weighted by Gasteiger charge is -2.25. The molecule has 0 bridgehead atoms. The van der Waals surface area contributed by atoms with E-state index in [4.69, 9.17) is 5.10 Å². The largest absolute Gasteiger partial charge is 0.269 e. The first-order valence-corrected chi connectivity index (χ1v) is 11.8. The van der Waals surface area contributed by atoms with Gasteiger partial charge in [0.25, 0.3) is 10.0 Å².